The molecule has 0 bridgehead atoms. The number of nitrogens with zero attached hydrogens (tertiary/aromatic N) is 2. The summed E-state index contributed by atoms with van der Waals surface area (Å²) < 4.78 is 78.5. The molecule has 0 amide bonds. The molecule has 0 aromatic rings. The summed E-state index contributed by atoms with van der Waals surface area (Å²) in [6, 6.07) is 0. The minimum absolute atomic E-state index is 0.598. The SMILES string of the molecule is CC(=O)OC[C@H]1O[C@@H](O[C@H]2[C@H](OC(C)=O)[C@@H](OC(C)=O)[C@H](OP(=O)(N(C)C)N(C)C)O[C@@H]2COC(C)=O)[C@H](OC(C)=O)[C@@H](OC(C)=O)[C@H]1OC(C)=O. The average Bonchev–Trinajstić information content (AvgIpc) is 2.99. The van der Waals surface area contributed by atoms with E-state index in [-0.39, 0.29) is 0 Å². The van der Waals surface area contributed by atoms with E-state index in [9.17, 15) is 38.1 Å². The number of rotatable bonds is 15. The van der Waals surface area contributed by atoms with Crippen LogP contribution in [0.3, 0.4) is 0 Å². The van der Waals surface area contributed by atoms with Gasteiger partial charge in [-0.25, -0.2) is 9.34 Å². The number of hydrogen-bond acceptors (Lipinski definition) is 19. The highest BCUT2D eigenvalue weighted by Crippen LogP contribution is 2.53. The second-order valence-corrected chi connectivity index (χ2v) is 14.7. The number of carbonyl (C=O) groups is 7. The maximum absolute atomic E-state index is 13.9. The maximum Gasteiger partial charge on any atom is 0.347 e. The average molecular weight is 771 g/mol. The molecular formula is C30H47N2O19P. The lowest BCUT2D eigenvalue weighted by Gasteiger charge is -2.49. The topological polar surface area (TPSA) is 245 Å². The molecule has 2 saturated heterocycles. The van der Waals surface area contributed by atoms with Gasteiger partial charge in [-0.3, -0.25) is 42.7 Å². The second kappa shape index (κ2) is 19.4. The molecule has 296 valence electrons. The van der Waals surface area contributed by atoms with E-state index in [0.29, 0.717) is 0 Å². The molecule has 0 spiro atoms. The van der Waals surface area contributed by atoms with E-state index in [1.807, 2.05) is 0 Å². The molecule has 0 radical (unpaired) electrons. The Balaban J connectivity index is 2.82. The highest BCUT2D eigenvalue weighted by atomic mass is 31.2. The summed E-state index contributed by atoms with van der Waals surface area (Å²) in [5, 5.41) is 0. The summed E-state index contributed by atoms with van der Waals surface area (Å²) in [6.45, 7) is 6.06. The third kappa shape index (κ3) is 12.5. The minimum Gasteiger partial charge on any atom is -0.463 e. The van der Waals surface area contributed by atoms with Crippen LogP contribution >= 0.6 is 7.67 Å². The highest BCUT2D eigenvalue weighted by Gasteiger charge is 2.58. The number of carbonyl (C=O) groups excluding carboxylic acids is 7. The van der Waals surface area contributed by atoms with E-state index in [0.717, 1.165) is 48.5 Å². The van der Waals surface area contributed by atoms with Gasteiger partial charge in [0.2, 0.25) is 6.29 Å². The van der Waals surface area contributed by atoms with E-state index >= 15 is 0 Å². The normalized spacial score (nSPS) is 29.0. The largest absolute Gasteiger partial charge is 0.463 e. The Bertz CT molecular complexity index is 1360. The Morgan fingerprint density at radius 2 is 0.808 bits per heavy atom. The van der Waals surface area contributed by atoms with E-state index in [4.69, 9.17) is 51.9 Å². The van der Waals surface area contributed by atoms with Gasteiger partial charge in [-0.05, 0) is 28.2 Å². The molecule has 0 unspecified atom stereocenters. The first-order chi connectivity index (χ1) is 24.1. The van der Waals surface area contributed by atoms with Gasteiger partial charge in [0.25, 0.3) is 0 Å². The summed E-state index contributed by atoms with van der Waals surface area (Å²) in [5.74, 6) is -6.15. The quantitative estimate of drug-likeness (QED) is 0.119. The Hall–Kier alpha value is -3.72. The fraction of sp³-hybridized carbons (Fsp3) is 0.767. The van der Waals surface area contributed by atoms with Crippen LogP contribution in [0, 0.1) is 0 Å². The fourth-order valence-electron chi connectivity index (χ4n) is 5.24. The van der Waals surface area contributed by atoms with Gasteiger partial charge in [0.15, 0.2) is 36.8 Å². The molecular weight excluding hydrogens is 723 g/mol. The molecule has 0 saturated carbocycles. The van der Waals surface area contributed by atoms with Crippen molar-refractivity contribution in [3.63, 3.8) is 0 Å². The van der Waals surface area contributed by atoms with Crippen molar-refractivity contribution in [2.24, 2.45) is 0 Å². The van der Waals surface area contributed by atoms with E-state index < -0.39 is 124 Å². The summed E-state index contributed by atoms with van der Waals surface area (Å²) in [7, 11) is 1.85. The first-order valence-electron chi connectivity index (χ1n) is 15.8. The molecule has 22 heteroatoms. The third-order valence-corrected chi connectivity index (χ3v) is 9.64. The van der Waals surface area contributed by atoms with Gasteiger partial charge in [-0.1, -0.05) is 0 Å². The van der Waals surface area contributed by atoms with Crippen molar-refractivity contribution in [1.29, 1.82) is 0 Å². The van der Waals surface area contributed by atoms with E-state index in [2.05, 4.69) is 0 Å². The van der Waals surface area contributed by atoms with Crippen LogP contribution in [-0.4, -0.2) is 154 Å². The van der Waals surface area contributed by atoms with Crippen LogP contribution in [-0.2, 0) is 90.0 Å². The molecule has 2 fully saturated rings. The van der Waals surface area contributed by atoms with Gasteiger partial charge in [0.05, 0.1) is 0 Å². The molecule has 21 nitrogen and oxygen atoms in total. The minimum atomic E-state index is -3.94. The molecule has 0 aromatic heterocycles. The molecule has 0 aliphatic carbocycles. The molecule has 10 atom stereocenters. The van der Waals surface area contributed by atoms with Gasteiger partial charge < -0.3 is 47.4 Å². The van der Waals surface area contributed by atoms with Gasteiger partial charge in [0.1, 0.15) is 31.5 Å². The zero-order valence-electron chi connectivity index (χ0n) is 30.8. The summed E-state index contributed by atoms with van der Waals surface area (Å²) >= 11 is 0. The molecule has 2 heterocycles. The van der Waals surface area contributed by atoms with Gasteiger partial charge in [0, 0.05) is 48.5 Å². The standard InChI is InChI=1S/C30H47N2O19P/c1-14(33)41-12-21-23(43-16(3)35)25(44-17(4)36)27(46-19(6)38)29(48-21)50-24-22(13-42-15(2)34)49-30(51-52(40,31(8)9)32(10)11)28(47-20(7)39)26(24)45-18(5)37/h21-30H,12-13H2,1-11H3/t21-,22-,23+,24-,25+,26+,27-,28-,29+,30+/m1/s1. The van der Waals surface area contributed by atoms with Crippen molar-refractivity contribution in [2.75, 3.05) is 41.4 Å². The Labute approximate surface area is 300 Å². The molecule has 0 aromatic carbocycles. The zero-order chi connectivity index (χ0) is 39.7. The van der Waals surface area contributed by atoms with Crippen molar-refractivity contribution in [3.05, 3.63) is 0 Å². The predicted molar refractivity (Wildman–Crippen MR) is 169 cm³/mol. The molecule has 2 aliphatic rings. The predicted octanol–water partition coefficient (Wildman–Crippen LogP) is -0.146. The maximum atomic E-state index is 13.9. The summed E-state index contributed by atoms with van der Waals surface area (Å²) in [4.78, 5) is 85.7. The Morgan fingerprint density at radius 3 is 1.19 bits per heavy atom. The van der Waals surface area contributed by atoms with Crippen molar-refractivity contribution >= 4 is 49.5 Å². The van der Waals surface area contributed by atoms with Gasteiger partial charge >= 0.3 is 49.5 Å². The van der Waals surface area contributed by atoms with Crippen molar-refractivity contribution < 1.29 is 90.0 Å². The molecule has 2 rings (SSSR count). The third-order valence-electron chi connectivity index (χ3n) is 7.14. The molecule has 0 N–H and O–H groups in total. The van der Waals surface area contributed by atoms with Crippen LogP contribution in [0.2, 0.25) is 0 Å². The Kier molecular flexibility index (Phi) is 16.6. The van der Waals surface area contributed by atoms with E-state index in [1.54, 1.807) is 0 Å². The first-order valence-corrected chi connectivity index (χ1v) is 17.3. The van der Waals surface area contributed by atoms with Gasteiger partial charge in [-0.2, -0.15) is 0 Å². The summed E-state index contributed by atoms with van der Waals surface area (Å²) in [6.07, 6.45) is -16.6. The number of hydrogen-bond donors (Lipinski definition) is 0. The first kappa shape index (κ1) is 44.4. The zero-order valence-corrected chi connectivity index (χ0v) is 31.7. The van der Waals surface area contributed by atoms with E-state index in [1.165, 1.54) is 37.5 Å². The van der Waals surface area contributed by atoms with Crippen LogP contribution in [0.5, 0.6) is 0 Å². The lowest BCUT2D eigenvalue weighted by atomic mass is 9.96. The van der Waals surface area contributed by atoms with Crippen molar-refractivity contribution in [3.8, 4) is 0 Å². The summed E-state index contributed by atoms with van der Waals surface area (Å²) in [5.41, 5.74) is 0. The number of esters is 7. The van der Waals surface area contributed by atoms with Crippen LogP contribution in [0.1, 0.15) is 48.5 Å². The van der Waals surface area contributed by atoms with Crippen LogP contribution in [0.25, 0.3) is 0 Å². The van der Waals surface area contributed by atoms with Crippen molar-refractivity contribution in [2.45, 2.75) is 110 Å². The monoisotopic (exact) mass is 770 g/mol. The lowest BCUT2D eigenvalue weighted by Crippen LogP contribution is -2.67. The van der Waals surface area contributed by atoms with Crippen LogP contribution in [0.15, 0.2) is 0 Å². The molecule has 52 heavy (non-hydrogen) atoms. The number of ether oxygens (including phenoxy) is 10. The fourth-order valence-corrected chi connectivity index (χ4v) is 6.77. The van der Waals surface area contributed by atoms with Gasteiger partial charge in [-0.15, -0.1) is 0 Å². The van der Waals surface area contributed by atoms with Crippen molar-refractivity contribution in [1.82, 2.24) is 9.34 Å². The molecule has 2 aliphatic heterocycles. The Morgan fingerprint density at radius 1 is 0.481 bits per heavy atom. The smallest absolute Gasteiger partial charge is 0.347 e. The highest BCUT2D eigenvalue weighted by molar-refractivity contribution is 7.53. The van der Waals surface area contributed by atoms with Crippen LogP contribution in [0.4, 0.5) is 0 Å². The second-order valence-electron chi connectivity index (χ2n) is 12.0. The van der Waals surface area contributed by atoms with Crippen LogP contribution < -0.4 is 0 Å². The lowest BCUT2D eigenvalue weighted by molar-refractivity contribution is -0.355.